The minimum Gasteiger partial charge on any atom is -0.497 e. The van der Waals surface area contributed by atoms with Crippen LogP contribution in [0.15, 0.2) is 29.3 Å². The summed E-state index contributed by atoms with van der Waals surface area (Å²) in [5, 5.41) is 2.74. The Bertz CT molecular complexity index is 528. The SMILES string of the molecule is COc1cccc(C(=O)NC(=NCC[NH+](C)C)OCC(C)C)c1. The van der Waals surface area contributed by atoms with Gasteiger partial charge in [-0.25, -0.2) is 4.99 Å². The lowest BCUT2D eigenvalue weighted by Crippen LogP contribution is -3.06. The predicted octanol–water partition coefficient (Wildman–Crippen LogP) is 0.598. The van der Waals surface area contributed by atoms with E-state index in [-0.39, 0.29) is 11.9 Å². The Morgan fingerprint density at radius 2 is 2.09 bits per heavy atom. The van der Waals surface area contributed by atoms with Gasteiger partial charge in [-0.1, -0.05) is 19.9 Å². The van der Waals surface area contributed by atoms with Gasteiger partial charge in [-0.05, 0) is 24.1 Å². The number of likely N-dealkylation sites (N-methyl/N-ethyl adjacent to an activating group) is 1. The summed E-state index contributed by atoms with van der Waals surface area (Å²) < 4.78 is 10.7. The number of amidine groups is 1. The smallest absolute Gasteiger partial charge is 0.291 e. The zero-order valence-electron chi connectivity index (χ0n) is 14.7. The van der Waals surface area contributed by atoms with Gasteiger partial charge in [0.25, 0.3) is 11.9 Å². The first-order valence-electron chi connectivity index (χ1n) is 7.84. The van der Waals surface area contributed by atoms with Crippen molar-refractivity contribution >= 4 is 11.9 Å². The summed E-state index contributed by atoms with van der Waals surface area (Å²) in [6.45, 7) is 6.06. The number of quaternary nitrogens is 1. The lowest BCUT2D eigenvalue weighted by Gasteiger charge is -2.13. The van der Waals surface area contributed by atoms with Crippen LogP contribution in [0, 0.1) is 5.92 Å². The van der Waals surface area contributed by atoms with E-state index in [0.717, 1.165) is 6.54 Å². The number of nitrogens with zero attached hydrogens (tertiary/aromatic N) is 1. The summed E-state index contributed by atoms with van der Waals surface area (Å²) in [4.78, 5) is 18.0. The number of amides is 1. The second-order valence-electron chi connectivity index (χ2n) is 6.03. The van der Waals surface area contributed by atoms with Gasteiger partial charge >= 0.3 is 0 Å². The van der Waals surface area contributed by atoms with Crippen LogP contribution in [-0.4, -0.2) is 52.8 Å². The third-order valence-electron chi connectivity index (χ3n) is 2.97. The van der Waals surface area contributed by atoms with Crippen molar-refractivity contribution in [3.8, 4) is 5.75 Å². The Labute approximate surface area is 138 Å². The Kier molecular flexibility index (Phi) is 8.11. The highest BCUT2D eigenvalue weighted by Crippen LogP contribution is 2.12. The van der Waals surface area contributed by atoms with Crippen molar-refractivity contribution in [2.45, 2.75) is 13.8 Å². The van der Waals surface area contributed by atoms with Crippen LogP contribution in [-0.2, 0) is 4.74 Å². The molecule has 0 spiro atoms. The molecule has 1 aromatic carbocycles. The second kappa shape index (κ2) is 9.84. The first-order chi connectivity index (χ1) is 10.9. The highest BCUT2D eigenvalue weighted by atomic mass is 16.5. The monoisotopic (exact) mass is 322 g/mol. The van der Waals surface area contributed by atoms with Crippen LogP contribution in [0.2, 0.25) is 0 Å². The minimum atomic E-state index is -0.261. The molecule has 0 bridgehead atoms. The first-order valence-corrected chi connectivity index (χ1v) is 7.84. The first kappa shape index (κ1) is 19.0. The van der Waals surface area contributed by atoms with E-state index in [2.05, 4.69) is 24.4 Å². The Balaban J connectivity index is 2.75. The summed E-state index contributed by atoms with van der Waals surface area (Å²) in [5.74, 6) is 0.729. The fourth-order valence-corrected chi connectivity index (χ4v) is 1.68. The number of benzene rings is 1. The van der Waals surface area contributed by atoms with Gasteiger partial charge in [-0.2, -0.15) is 0 Å². The zero-order chi connectivity index (χ0) is 17.2. The van der Waals surface area contributed by atoms with Crippen molar-refractivity contribution in [3.63, 3.8) is 0 Å². The third-order valence-corrected chi connectivity index (χ3v) is 2.97. The molecule has 1 rings (SSSR count). The molecular formula is C17H28N3O3+. The molecule has 0 atom stereocenters. The molecule has 0 fully saturated rings. The number of nitrogens with one attached hydrogen (secondary N) is 2. The summed E-state index contributed by atoms with van der Waals surface area (Å²) >= 11 is 0. The number of hydrogen-bond donors (Lipinski definition) is 2. The fourth-order valence-electron chi connectivity index (χ4n) is 1.68. The Morgan fingerprint density at radius 3 is 2.70 bits per heavy atom. The molecule has 0 aromatic heterocycles. The number of rotatable bonds is 7. The maximum atomic E-state index is 12.3. The van der Waals surface area contributed by atoms with Crippen LogP contribution in [0.1, 0.15) is 24.2 Å². The molecule has 1 aromatic rings. The number of methoxy groups -OCH3 is 1. The number of carbonyl (C=O) groups is 1. The molecule has 23 heavy (non-hydrogen) atoms. The summed E-state index contributed by atoms with van der Waals surface area (Å²) in [7, 11) is 5.68. The van der Waals surface area contributed by atoms with Gasteiger partial charge in [0.05, 0.1) is 40.9 Å². The minimum absolute atomic E-state index is 0.261. The van der Waals surface area contributed by atoms with Crippen molar-refractivity contribution in [3.05, 3.63) is 29.8 Å². The summed E-state index contributed by atoms with van der Waals surface area (Å²) in [6.07, 6.45) is 0. The molecule has 0 saturated heterocycles. The van der Waals surface area contributed by atoms with Gasteiger partial charge in [0.1, 0.15) is 5.75 Å². The van der Waals surface area contributed by atoms with Crippen LogP contribution in [0.4, 0.5) is 0 Å². The van der Waals surface area contributed by atoms with E-state index in [1.54, 1.807) is 31.4 Å². The topological polar surface area (TPSA) is 64.4 Å². The molecule has 0 radical (unpaired) electrons. The van der Waals surface area contributed by atoms with Crippen LogP contribution in [0.25, 0.3) is 0 Å². The van der Waals surface area contributed by atoms with E-state index in [4.69, 9.17) is 9.47 Å². The van der Waals surface area contributed by atoms with Gasteiger partial charge in [0.2, 0.25) is 0 Å². The van der Waals surface area contributed by atoms with E-state index in [1.807, 2.05) is 13.8 Å². The molecule has 0 heterocycles. The quantitative estimate of drug-likeness (QED) is 0.571. The van der Waals surface area contributed by atoms with Gasteiger partial charge in [0, 0.05) is 5.56 Å². The van der Waals surface area contributed by atoms with Gasteiger partial charge in [0.15, 0.2) is 0 Å². The lowest BCUT2D eigenvalue weighted by molar-refractivity contribution is -0.856. The molecular weight excluding hydrogens is 294 g/mol. The van der Waals surface area contributed by atoms with Gasteiger partial charge in [-0.3, -0.25) is 10.1 Å². The van der Waals surface area contributed by atoms with Gasteiger partial charge in [-0.15, -0.1) is 0 Å². The number of ether oxygens (including phenoxy) is 2. The highest BCUT2D eigenvalue weighted by molar-refractivity contribution is 6.04. The molecule has 0 saturated carbocycles. The van der Waals surface area contributed by atoms with Crippen LogP contribution < -0.4 is 15.0 Å². The molecule has 6 heteroatoms. The second-order valence-corrected chi connectivity index (χ2v) is 6.03. The molecule has 1 amide bonds. The maximum absolute atomic E-state index is 12.3. The number of hydrogen-bond acceptors (Lipinski definition) is 4. The van der Waals surface area contributed by atoms with Gasteiger partial charge < -0.3 is 14.4 Å². The Hall–Kier alpha value is -2.08. The Morgan fingerprint density at radius 1 is 1.35 bits per heavy atom. The summed E-state index contributed by atoms with van der Waals surface area (Å²) in [5.41, 5.74) is 0.503. The van der Waals surface area contributed by atoms with E-state index in [9.17, 15) is 4.79 Å². The van der Waals surface area contributed by atoms with Crippen molar-refractivity contribution in [1.29, 1.82) is 0 Å². The molecule has 2 N–H and O–H groups in total. The molecule has 6 nitrogen and oxygen atoms in total. The average molecular weight is 322 g/mol. The lowest BCUT2D eigenvalue weighted by atomic mass is 10.2. The molecule has 0 aliphatic carbocycles. The summed E-state index contributed by atoms with van der Waals surface area (Å²) in [6, 6.07) is 7.24. The van der Waals surface area contributed by atoms with Crippen molar-refractivity contribution in [2.24, 2.45) is 10.9 Å². The van der Waals surface area contributed by atoms with E-state index < -0.39 is 0 Å². The van der Waals surface area contributed by atoms with E-state index >= 15 is 0 Å². The van der Waals surface area contributed by atoms with E-state index in [1.165, 1.54) is 4.90 Å². The number of carbonyl (C=O) groups excluding carboxylic acids is 1. The predicted molar refractivity (Wildman–Crippen MR) is 91.2 cm³/mol. The van der Waals surface area contributed by atoms with Crippen molar-refractivity contribution in [1.82, 2.24) is 5.32 Å². The van der Waals surface area contributed by atoms with Crippen LogP contribution >= 0.6 is 0 Å². The average Bonchev–Trinajstić information content (AvgIpc) is 2.51. The standard InChI is InChI=1S/C17H27N3O3/c1-13(2)12-23-17(18-9-10-20(3)4)19-16(21)14-7-6-8-15(11-14)22-5/h6-8,11,13H,9-10,12H2,1-5H3,(H,18,19,21)/p+1. The maximum Gasteiger partial charge on any atom is 0.291 e. The third kappa shape index (κ3) is 7.65. The van der Waals surface area contributed by atoms with Crippen LogP contribution in [0.5, 0.6) is 5.75 Å². The number of aliphatic imine (C=N–C) groups is 1. The van der Waals surface area contributed by atoms with E-state index in [0.29, 0.717) is 30.4 Å². The fraction of sp³-hybridized carbons (Fsp3) is 0.529. The largest absolute Gasteiger partial charge is 0.497 e. The molecule has 0 unspecified atom stereocenters. The molecule has 0 aliphatic heterocycles. The zero-order valence-corrected chi connectivity index (χ0v) is 14.7. The molecule has 0 aliphatic rings. The normalized spacial score (nSPS) is 11.7. The van der Waals surface area contributed by atoms with Crippen LogP contribution in [0.3, 0.4) is 0 Å². The van der Waals surface area contributed by atoms with Crippen molar-refractivity contribution < 1.29 is 19.2 Å². The van der Waals surface area contributed by atoms with Crippen molar-refractivity contribution in [2.75, 3.05) is 40.9 Å². The highest BCUT2D eigenvalue weighted by Gasteiger charge is 2.11. The molecule has 128 valence electrons.